The molecule has 0 aliphatic heterocycles. The van der Waals surface area contributed by atoms with E-state index in [4.69, 9.17) is 5.11 Å². The third-order valence-electron chi connectivity index (χ3n) is 2.18. The van der Waals surface area contributed by atoms with Gasteiger partial charge in [0.1, 0.15) is 0 Å². The molecule has 0 aromatic heterocycles. The maximum Gasteiger partial charge on any atom is 0.305 e. The van der Waals surface area contributed by atoms with Crippen LogP contribution in [-0.4, -0.2) is 24.8 Å². The van der Waals surface area contributed by atoms with Crippen molar-refractivity contribution >= 4 is 5.97 Å². The Morgan fingerprint density at radius 3 is 2.62 bits per heavy atom. The van der Waals surface area contributed by atoms with Crippen molar-refractivity contribution < 1.29 is 14.6 Å². The number of aliphatic hydroxyl groups is 1. The molecule has 0 radical (unpaired) electrons. The molecule has 0 spiro atoms. The molecule has 0 unspecified atom stereocenters. The Bertz CT molecular complexity index is 134. The van der Waals surface area contributed by atoms with E-state index in [1.165, 1.54) is 7.11 Å². The van der Waals surface area contributed by atoms with Crippen molar-refractivity contribution in [1.29, 1.82) is 0 Å². The average molecular weight is 188 g/mol. The zero-order valence-electron chi connectivity index (χ0n) is 8.58. The normalized spacial score (nSPS) is 12.5. The molecule has 3 heteroatoms. The Hall–Kier alpha value is -0.570. The summed E-state index contributed by atoms with van der Waals surface area (Å²) in [4.78, 5) is 10.8. The van der Waals surface area contributed by atoms with Gasteiger partial charge in [0, 0.05) is 13.0 Å². The molecule has 0 heterocycles. The lowest BCUT2D eigenvalue weighted by Gasteiger charge is -2.11. The van der Waals surface area contributed by atoms with E-state index >= 15 is 0 Å². The van der Waals surface area contributed by atoms with Crippen molar-refractivity contribution in [2.75, 3.05) is 13.7 Å². The SMILES string of the molecule is CCC[C@H](CO)CCCC(=O)OC. The zero-order chi connectivity index (χ0) is 10.1. The van der Waals surface area contributed by atoms with Gasteiger partial charge in [0.2, 0.25) is 0 Å². The molecule has 1 atom stereocenters. The molecule has 0 aromatic rings. The molecule has 0 fully saturated rings. The first-order valence-electron chi connectivity index (χ1n) is 4.92. The lowest BCUT2D eigenvalue weighted by Crippen LogP contribution is -2.07. The van der Waals surface area contributed by atoms with Crippen LogP contribution in [-0.2, 0) is 9.53 Å². The summed E-state index contributed by atoms with van der Waals surface area (Å²) in [5.74, 6) is 0.197. The first kappa shape index (κ1) is 12.4. The number of carbonyl (C=O) groups excluding carboxylic acids is 1. The minimum Gasteiger partial charge on any atom is -0.469 e. The Labute approximate surface area is 80.1 Å². The first-order chi connectivity index (χ1) is 6.24. The number of aliphatic hydroxyl groups excluding tert-OH is 1. The molecule has 13 heavy (non-hydrogen) atoms. The Balaban J connectivity index is 3.42. The van der Waals surface area contributed by atoms with Gasteiger partial charge in [-0.05, 0) is 25.2 Å². The van der Waals surface area contributed by atoms with E-state index in [0.29, 0.717) is 12.3 Å². The largest absolute Gasteiger partial charge is 0.469 e. The molecule has 3 nitrogen and oxygen atoms in total. The predicted molar refractivity (Wildman–Crippen MR) is 51.4 cm³/mol. The van der Waals surface area contributed by atoms with Crippen LogP contribution < -0.4 is 0 Å². The van der Waals surface area contributed by atoms with Gasteiger partial charge in [-0.3, -0.25) is 4.79 Å². The fraction of sp³-hybridized carbons (Fsp3) is 0.900. The topological polar surface area (TPSA) is 46.5 Å². The summed E-state index contributed by atoms with van der Waals surface area (Å²) in [5.41, 5.74) is 0. The van der Waals surface area contributed by atoms with E-state index in [2.05, 4.69) is 11.7 Å². The van der Waals surface area contributed by atoms with Crippen LogP contribution in [0.4, 0.5) is 0 Å². The predicted octanol–water partition coefficient (Wildman–Crippen LogP) is 1.74. The van der Waals surface area contributed by atoms with Crippen LogP contribution in [0, 0.1) is 5.92 Å². The highest BCUT2D eigenvalue weighted by Crippen LogP contribution is 2.13. The summed E-state index contributed by atoms with van der Waals surface area (Å²) in [6, 6.07) is 0. The second-order valence-corrected chi connectivity index (χ2v) is 3.31. The smallest absolute Gasteiger partial charge is 0.305 e. The van der Waals surface area contributed by atoms with Crippen molar-refractivity contribution in [2.45, 2.75) is 39.0 Å². The van der Waals surface area contributed by atoms with E-state index in [0.717, 1.165) is 25.7 Å². The summed E-state index contributed by atoms with van der Waals surface area (Å²) in [5, 5.41) is 8.96. The minimum atomic E-state index is -0.159. The number of hydrogen-bond acceptors (Lipinski definition) is 3. The van der Waals surface area contributed by atoms with Gasteiger partial charge in [-0.1, -0.05) is 13.3 Å². The summed E-state index contributed by atoms with van der Waals surface area (Å²) < 4.78 is 4.52. The highest BCUT2D eigenvalue weighted by molar-refractivity contribution is 5.68. The molecule has 0 saturated heterocycles. The second kappa shape index (κ2) is 8.05. The van der Waals surface area contributed by atoms with Crippen molar-refractivity contribution in [3.05, 3.63) is 0 Å². The molecule has 0 rings (SSSR count). The van der Waals surface area contributed by atoms with Gasteiger partial charge >= 0.3 is 5.97 Å². The van der Waals surface area contributed by atoms with Crippen LogP contribution in [0.2, 0.25) is 0 Å². The summed E-state index contributed by atoms with van der Waals surface area (Å²) >= 11 is 0. The van der Waals surface area contributed by atoms with Gasteiger partial charge in [-0.15, -0.1) is 0 Å². The van der Waals surface area contributed by atoms with Crippen LogP contribution in [0.1, 0.15) is 39.0 Å². The van der Waals surface area contributed by atoms with Gasteiger partial charge in [0.25, 0.3) is 0 Å². The number of carbonyl (C=O) groups is 1. The molecule has 0 aliphatic carbocycles. The number of hydrogen-bond donors (Lipinski definition) is 1. The van der Waals surface area contributed by atoms with Gasteiger partial charge in [0.15, 0.2) is 0 Å². The molecule has 0 aliphatic rings. The quantitative estimate of drug-likeness (QED) is 0.619. The van der Waals surface area contributed by atoms with E-state index in [1.54, 1.807) is 0 Å². The third-order valence-corrected chi connectivity index (χ3v) is 2.18. The third kappa shape index (κ3) is 6.58. The number of esters is 1. The fourth-order valence-corrected chi connectivity index (χ4v) is 1.37. The van der Waals surface area contributed by atoms with Crippen LogP contribution in [0.3, 0.4) is 0 Å². The van der Waals surface area contributed by atoms with Gasteiger partial charge in [0.05, 0.1) is 7.11 Å². The highest BCUT2D eigenvalue weighted by Gasteiger charge is 2.07. The van der Waals surface area contributed by atoms with Crippen molar-refractivity contribution in [2.24, 2.45) is 5.92 Å². The van der Waals surface area contributed by atoms with Crippen LogP contribution in [0.15, 0.2) is 0 Å². The second-order valence-electron chi connectivity index (χ2n) is 3.31. The molecular weight excluding hydrogens is 168 g/mol. The van der Waals surface area contributed by atoms with Gasteiger partial charge < -0.3 is 9.84 Å². The number of ether oxygens (including phenoxy) is 1. The molecule has 0 saturated carbocycles. The van der Waals surface area contributed by atoms with Crippen molar-refractivity contribution in [3.63, 3.8) is 0 Å². The molecular formula is C10H20O3. The van der Waals surface area contributed by atoms with E-state index < -0.39 is 0 Å². The van der Waals surface area contributed by atoms with Crippen LogP contribution in [0.5, 0.6) is 0 Å². The molecule has 78 valence electrons. The Morgan fingerprint density at radius 2 is 2.15 bits per heavy atom. The fourth-order valence-electron chi connectivity index (χ4n) is 1.37. The minimum absolute atomic E-state index is 0.159. The summed E-state index contributed by atoms with van der Waals surface area (Å²) in [6.07, 6.45) is 4.33. The van der Waals surface area contributed by atoms with Crippen molar-refractivity contribution in [3.8, 4) is 0 Å². The summed E-state index contributed by atoms with van der Waals surface area (Å²) in [7, 11) is 1.40. The average Bonchev–Trinajstić information content (AvgIpc) is 2.16. The van der Waals surface area contributed by atoms with E-state index in [9.17, 15) is 4.79 Å². The number of rotatable bonds is 7. The van der Waals surface area contributed by atoms with Crippen LogP contribution >= 0.6 is 0 Å². The zero-order valence-corrected chi connectivity index (χ0v) is 8.58. The Morgan fingerprint density at radius 1 is 1.46 bits per heavy atom. The standard InChI is InChI=1S/C10H20O3/c1-3-5-9(8-11)6-4-7-10(12)13-2/h9,11H,3-8H2,1-2H3/t9-/m0/s1. The van der Waals surface area contributed by atoms with Crippen LogP contribution in [0.25, 0.3) is 0 Å². The van der Waals surface area contributed by atoms with E-state index in [1.807, 2.05) is 0 Å². The number of methoxy groups -OCH3 is 1. The monoisotopic (exact) mass is 188 g/mol. The highest BCUT2D eigenvalue weighted by atomic mass is 16.5. The van der Waals surface area contributed by atoms with Crippen molar-refractivity contribution in [1.82, 2.24) is 0 Å². The van der Waals surface area contributed by atoms with Gasteiger partial charge in [-0.25, -0.2) is 0 Å². The lowest BCUT2D eigenvalue weighted by atomic mass is 9.98. The maximum atomic E-state index is 10.8. The maximum absolute atomic E-state index is 10.8. The molecule has 0 aromatic carbocycles. The molecule has 1 N–H and O–H groups in total. The Kier molecular flexibility index (Phi) is 7.69. The molecule has 0 bridgehead atoms. The van der Waals surface area contributed by atoms with Gasteiger partial charge in [-0.2, -0.15) is 0 Å². The lowest BCUT2D eigenvalue weighted by molar-refractivity contribution is -0.140. The van der Waals surface area contributed by atoms with E-state index in [-0.39, 0.29) is 12.6 Å². The molecule has 0 amide bonds. The first-order valence-corrected chi connectivity index (χ1v) is 4.92. The summed E-state index contributed by atoms with van der Waals surface area (Å²) in [6.45, 7) is 2.33.